The summed E-state index contributed by atoms with van der Waals surface area (Å²) in [5.41, 5.74) is 2.29. The van der Waals surface area contributed by atoms with Gasteiger partial charge in [-0.25, -0.2) is 0 Å². The number of aromatic hydroxyl groups is 1. The molecule has 0 amide bonds. The number of phenols is 1. The molecule has 5 heteroatoms. The number of carbonyl (C=O) groups is 1. The van der Waals surface area contributed by atoms with Crippen molar-refractivity contribution in [2.24, 2.45) is 0 Å². The first-order chi connectivity index (χ1) is 16.1. The molecule has 0 unspecified atom stereocenters. The maximum absolute atomic E-state index is 13.1. The number of piperidine rings is 1. The van der Waals surface area contributed by atoms with Crippen molar-refractivity contribution in [2.45, 2.75) is 62.2 Å². The minimum Gasteiger partial charge on any atom is -0.504 e. The quantitative estimate of drug-likeness (QED) is 0.654. The number of benzene rings is 2. The highest BCUT2D eigenvalue weighted by molar-refractivity contribution is 5.99. The lowest BCUT2D eigenvalue weighted by Gasteiger charge is -2.62. The Balaban J connectivity index is 1.42. The summed E-state index contributed by atoms with van der Waals surface area (Å²) in [5, 5.41) is 10.6. The Morgan fingerprint density at radius 3 is 2.88 bits per heavy atom. The van der Waals surface area contributed by atoms with Crippen LogP contribution in [0.15, 0.2) is 54.6 Å². The van der Waals surface area contributed by atoms with Crippen molar-refractivity contribution in [2.75, 3.05) is 19.7 Å². The predicted octanol–water partition coefficient (Wildman–Crippen LogP) is 3.96. The number of carbonyl (C=O) groups excluding carboxylic acids is 1. The SMILES string of the molecule is CCCN1CC[C@]23c4c5ccc(O)c4O[C@H]2C(=O)C=C[C@@]3(OCCCc2ccccc2)[C@H]1C5. The zero-order chi connectivity index (χ0) is 22.6. The van der Waals surface area contributed by atoms with Crippen LogP contribution in [-0.4, -0.2) is 53.2 Å². The number of aryl methyl sites for hydroxylation is 1. The molecule has 2 aliphatic carbocycles. The van der Waals surface area contributed by atoms with Crippen LogP contribution < -0.4 is 4.74 Å². The number of hydrogen-bond donors (Lipinski definition) is 1. The van der Waals surface area contributed by atoms with Crippen molar-refractivity contribution in [3.8, 4) is 11.5 Å². The molecule has 5 nitrogen and oxygen atoms in total. The molecule has 1 saturated heterocycles. The van der Waals surface area contributed by atoms with E-state index in [2.05, 4.69) is 36.1 Å². The van der Waals surface area contributed by atoms with Crippen LogP contribution in [0, 0.1) is 0 Å². The second-order valence-electron chi connectivity index (χ2n) is 9.89. The van der Waals surface area contributed by atoms with Crippen LogP contribution in [0.2, 0.25) is 0 Å². The minimum atomic E-state index is -0.637. The molecular formula is C28H31NO4. The van der Waals surface area contributed by atoms with E-state index in [-0.39, 0.29) is 17.6 Å². The van der Waals surface area contributed by atoms with E-state index >= 15 is 0 Å². The molecule has 0 radical (unpaired) electrons. The zero-order valence-electron chi connectivity index (χ0n) is 19.1. The van der Waals surface area contributed by atoms with Gasteiger partial charge in [0, 0.05) is 18.2 Å². The average molecular weight is 446 g/mol. The predicted molar refractivity (Wildman–Crippen MR) is 126 cm³/mol. The summed E-state index contributed by atoms with van der Waals surface area (Å²) in [6.45, 7) is 4.74. The van der Waals surface area contributed by atoms with Crippen molar-refractivity contribution in [1.29, 1.82) is 0 Å². The Kier molecular flexibility index (Phi) is 4.89. The molecular weight excluding hydrogens is 414 g/mol. The molecule has 0 saturated carbocycles. The van der Waals surface area contributed by atoms with Crippen molar-refractivity contribution >= 4 is 5.78 Å². The first-order valence-electron chi connectivity index (χ1n) is 12.3. The minimum absolute atomic E-state index is 0.0235. The van der Waals surface area contributed by atoms with Gasteiger partial charge in [0.2, 0.25) is 0 Å². The lowest BCUT2D eigenvalue weighted by atomic mass is 9.50. The molecule has 33 heavy (non-hydrogen) atoms. The fourth-order valence-corrected chi connectivity index (χ4v) is 6.97. The summed E-state index contributed by atoms with van der Waals surface area (Å²) in [6.07, 6.45) is 7.65. The van der Waals surface area contributed by atoms with Gasteiger partial charge in [-0.2, -0.15) is 0 Å². The monoisotopic (exact) mass is 445 g/mol. The van der Waals surface area contributed by atoms with E-state index in [4.69, 9.17) is 9.47 Å². The molecule has 1 fully saturated rings. The topological polar surface area (TPSA) is 59.0 Å². The third kappa shape index (κ3) is 2.82. The van der Waals surface area contributed by atoms with Gasteiger partial charge in [0.25, 0.3) is 0 Å². The second-order valence-corrected chi connectivity index (χ2v) is 9.89. The van der Waals surface area contributed by atoms with Gasteiger partial charge in [-0.15, -0.1) is 0 Å². The van der Waals surface area contributed by atoms with Gasteiger partial charge in [0.1, 0.15) is 5.60 Å². The van der Waals surface area contributed by atoms with Gasteiger partial charge in [0.15, 0.2) is 23.4 Å². The average Bonchev–Trinajstić information content (AvgIpc) is 3.19. The number of ketones is 1. The van der Waals surface area contributed by atoms with Gasteiger partial charge in [-0.3, -0.25) is 9.69 Å². The number of nitrogens with zero attached hydrogens (tertiary/aromatic N) is 1. The fraction of sp³-hybridized carbons (Fsp3) is 0.464. The van der Waals surface area contributed by atoms with Crippen molar-refractivity contribution in [3.63, 3.8) is 0 Å². The third-order valence-electron chi connectivity index (χ3n) is 8.25. The Labute approximate surface area is 195 Å². The summed E-state index contributed by atoms with van der Waals surface area (Å²) < 4.78 is 13.2. The van der Waals surface area contributed by atoms with Crippen LogP contribution in [0.4, 0.5) is 0 Å². The zero-order valence-corrected chi connectivity index (χ0v) is 19.1. The summed E-state index contributed by atoms with van der Waals surface area (Å²) >= 11 is 0. The van der Waals surface area contributed by atoms with Crippen LogP contribution in [0.25, 0.3) is 0 Å². The van der Waals surface area contributed by atoms with Crippen molar-refractivity contribution in [1.82, 2.24) is 4.90 Å². The molecule has 2 aromatic rings. The smallest absolute Gasteiger partial charge is 0.196 e. The fourth-order valence-electron chi connectivity index (χ4n) is 6.97. The Morgan fingerprint density at radius 1 is 1.21 bits per heavy atom. The van der Waals surface area contributed by atoms with Crippen LogP contribution in [0.1, 0.15) is 42.9 Å². The molecule has 2 heterocycles. The van der Waals surface area contributed by atoms with Crippen LogP contribution in [0.5, 0.6) is 11.5 Å². The number of rotatable bonds is 7. The van der Waals surface area contributed by atoms with E-state index in [1.165, 1.54) is 11.1 Å². The van der Waals surface area contributed by atoms with E-state index in [1.54, 1.807) is 12.1 Å². The maximum Gasteiger partial charge on any atom is 0.196 e. The van der Waals surface area contributed by atoms with Crippen LogP contribution >= 0.6 is 0 Å². The van der Waals surface area contributed by atoms with Gasteiger partial charge in [0.05, 0.1) is 5.41 Å². The summed E-state index contributed by atoms with van der Waals surface area (Å²) in [7, 11) is 0. The lowest BCUT2D eigenvalue weighted by Crippen LogP contribution is -2.76. The Bertz CT molecular complexity index is 1110. The first-order valence-corrected chi connectivity index (χ1v) is 12.3. The molecule has 4 aliphatic rings. The highest BCUT2D eigenvalue weighted by Gasteiger charge is 2.73. The number of likely N-dealkylation sites (tertiary alicyclic amines) is 1. The van der Waals surface area contributed by atoms with E-state index in [0.29, 0.717) is 12.4 Å². The molecule has 2 aromatic carbocycles. The highest BCUT2D eigenvalue weighted by atomic mass is 16.5. The van der Waals surface area contributed by atoms with E-state index < -0.39 is 17.1 Å². The van der Waals surface area contributed by atoms with Crippen molar-refractivity contribution in [3.05, 3.63) is 71.3 Å². The largest absolute Gasteiger partial charge is 0.504 e. The van der Waals surface area contributed by atoms with Gasteiger partial charge in [-0.05, 0) is 74.5 Å². The first kappa shape index (κ1) is 20.9. The molecule has 1 spiro atoms. The second kappa shape index (κ2) is 7.71. The summed E-state index contributed by atoms with van der Waals surface area (Å²) in [6, 6.07) is 14.4. The molecule has 6 rings (SSSR count). The molecule has 2 bridgehead atoms. The molecule has 4 atom stereocenters. The summed E-state index contributed by atoms with van der Waals surface area (Å²) in [5.74, 6) is 0.594. The van der Waals surface area contributed by atoms with E-state index in [0.717, 1.165) is 50.8 Å². The maximum atomic E-state index is 13.1. The molecule has 172 valence electrons. The van der Waals surface area contributed by atoms with Gasteiger partial charge < -0.3 is 14.6 Å². The summed E-state index contributed by atoms with van der Waals surface area (Å²) in [4.78, 5) is 15.7. The standard InChI is InChI=1S/C28H31NO4/c1-2-15-29-16-14-27-24-20-10-11-21(30)25(24)33-26(27)22(31)12-13-28(27,23(29)18-20)32-17-6-9-19-7-4-3-5-8-19/h3-5,7-8,10-13,23,26,30H,2,6,9,14-18H2,1H3/t23-,26+,27+,28-/m1/s1. The molecule has 2 aliphatic heterocycles. The lowest BCUT2D eigenvalue weighted by molar-refractivity contribution is -0.177. The van der Waals surface area contributed by atoms with Crippen LogP contribution in [0.3, 0.4) is 0 Å². The normalized spacial score (nSPS) is 31.4. The van der Waals surface area contributed by atoms with E-state index in [1.807, 2.05) is 18.2 Å². The molecule has 0 aromatic heterocycles. The highest BCUT2D eigenvalue weighted by Crippen LogP contribution is 2.64. The molecule has 1 N–H and O–H groups in total. The van der Waals surface area contributed by atoms with Crippen LogP contribution in [-0.2, 0) is 27.8 Å². The number of phenolic OH excluding ortho intramolecular Hbond substituents is 1. The Morgan fingerprint density at radius 2 is 2.06 bits per heavy atom. The van der Waals surface area contributed by atoms with Gasteiger partial charge in [-0.1, -0.05) is 43.3 Å². The number of hydrogen-bond acceptors (Lipinski definition) is 5. The van der Waals surface area contributed by atoms with Gasteiger partial charge >= 0.3 is 0 Å². The Hall–Kier alpha value is -2.63. The number of ether oxygens (including phenoxy) is 2. The third-order valence-corrected chi connectivity index (χ3v) is 8.25. The van der Waals surface area contributed by atoms with Crippen molar-refractivity contribution < 1.29 is 19.4 Å². The van der Waals surface area contributed by atoms with E-state index in [9.17, 15) is 9.90 Å².